The number of hydrogen-bond donors (Lipinski definition) is 2. The molecule has 7 heteroatoms. The quantitative estimate of drug-likeness (QED) is 0.869. The molecule has 0 saturated carbocycles. The van der Waals surface area contributed by atoms with Crippen LogP contribution < -0.4 is 20.1 Å². The summed E-state index contributed by atoms with van der Waals surface area (Å²) in [6.07, 6.45) is 0. The van der Waals surface area contributed by atoms with Gasteiger partial charge in [0.25, 0.3) is 0 Å². The molecule has 0 aliphatic carbocycles. The van der Waals surface area contributed by atoms with Gasteiger partial charge in [0, 0.05) is 11.8 Å². The van der Waals surface area contributed by atoms with Gasteiger partial charge >= 0.3 is 6.01 Å². The number of benzene rings is 1. The van der Waals surface area contributed by atoms with Crippen LogP contribution in [0.4, 0.5) is 11.7 Å². The summed E-state index contributed by atoms with van der Waals surface area (Å²) in [4.78, 5) is 0. The van der Waals surface area contributed by atoms with E-state index in [-0.39, 0.29) is 12.8 Å². The summed E-state index contributed by atoms with van der Waals surface area (Å²) in [5.74, 6) is 1.97. The summed E-state index contributed by atoms with van der Waals surface area (Å²) in [5.41, 5.74) is 0.802. The Bertz CT molecular complexity index is 584. The standard InChI is InChI=1S/C12H14N4O3/c1-7(13-2)11-15-16-12(19-11)14-8-3-4-9-10(5-8)18-6-17-9/h3-5,7,13H,6H2,1-2H3,(H,14,16). The van der Waals surface area contributed by atoms with Gasteiger partial charge in [0.1, 0.15) is 0 Å². The van der Waals surface area contributed by atoms with Crippen LogP contribution in [-0.2, 0) is 0 Å². The third-order valence-corrected chi connectivity index (χ3v) is 2.87. The van der Waals surface area contributed by atoms with E-state index in [1.54, 1.807) is 0 Å². The molecule has 2 N–H and O–H groups in total. The molecule has 1 unspecified atom stereocenters. The largest absolute Gasteiger partial charge is 0.454 e. The minimum Gasteiger partial charge on any atom is -0.454 e. The second kappa shape index (κ2) is 4.77. The minimum absolute atomic E-state index is 0.0137. The Balaban J connectivity index is 1.76. The maximum absolute atomic E-state index is 5.49. The smallest absolute Gasteiger partial charge is 0.320 e. The molecule has 1 aromatic heterocycles. The maximum atomic E-state index is 5.49. The van der Waals surface area contributed by atoms with Gasteiger partial charge in [-0.15, -0.1) is 5.10 Å². The van der Waals surface area contributed by atoms with Crippen LogP contribution >= 0.6 is 0 Å². The number of anilines is 2. The molecule has 0 bridgehead atoms. The highest BCUT2D eigenvalue weighted by Gasteiger charge is 2.15. The highest BCUT2D eigenvalue weighted by molar-refractivity contribution is 5.59. The number of aromatic nitrogens is 2. The van der Waals surface area contributed by atoms with Crippen molar-refractivity contribution in [3.8, 4) is 11.5 Å². The molecular weight excluding hydrogens is 248 g/mol. The van der Waals surface area contributed by atoms with Crippen molar-refractivity contribution in [1.29, 1.82) is 0 Å². The number of ether oxygens (including phenoxy) is 2. The Morgan fingerprint density at radius 2 is 2.05 bits per heavy atom. The molecule has 2 heterocycles. The molecular formula is C12H14N4O3. The van der Waals surface area contributed by atoms with E-state index in [0.29, 0.717) is 17.7 Å². The fourth-order valence-corrected chi connectivity index (χ4v) is 1.68. The highest BCUT2D eigenvalue weighted by Crippen LogP contribution is 2.34. The lowest BCUT2D eigenvalue weighted by Gasteiger charge is -2.04. The summed E-state index contributed by atoms with van der Waals surface area (Å²) in [6.45, 7) is 2.20. The van der Waals surface area contributed by atoms with E-state index in [9.17, 15) is 0 Å². The first-order valence-corrected chi connectivity index (χ1v) is 5.93. The Kier molecular flexibility index (Phi) is 2.96. The summed E-state index contributed by atoms with van der Waals surface area (Å²) < 4.78 is 16.0. The third-order valence-electron chi connectivity index (χ3n) is 2.87. The van der Waals surface area contributed by atoms with Crippen molar-refractivity contribution >= 4 is 11.7 Å². The topological polar surface area (TPSA) is 81.4 Å². The number of nitrogens with one attached hydrogen (secondary N) is 2. The van der Waals surface area contributed by atoms with Gasteiger partial charge in [-0.1, -0.05) is 5.10 Å². The number of fused-ring (bicyclic) bond motifs is 1. The van der Waals surface area contributed by atoms with Gasteiger partial charge < -0.3 is 24.5 Å². The fourth-order valence-electron chi connectivity index (χ4n) is 1.68. The zero-order valence-electron chi connectivity index (χ0n) is 10.6. The van der Waals surface area contributed by atoms with E-state index in [1.807, 2.05) is 32.2 Å². The first-order chi connectivity index (χ1) is 9.26. The van der Waals surface area contributed by atoms with Gasteiger partial charge in [-0.2, -0.15) is 0 Å². The molecule has 2 aromatic rings. The van der Waals surface area contributed by atoms with Crippen LogP contribution in [0.5, 0.6) is 11.5 Å². The monoisotopic (exact) mass is 262 g/mol. The van der Waals surface area contributed by atoms with Crippen molar-refractivity contribution in [1.82, 2.24) is 15.5 Å². The first kappa shape index (κ1) is 11.8. The van der Waals surface area contributed by atoms with Crippen molar-refractivity contribution in [3.63, 3.8) is 0 Å². The Morgan fingerprint density at radius 3 is 2.89 bits per heavy atom. The molecule has 1 aliphatic heterocycles. The van der Waals surface area contributed by atoms with Gasteiger partial charge in [0.05, 0.1) is 6.04 Å². The van der Waals surface area contributed by atoms with Crippen molar-refractivity contribution in [3.05, 3.63) is 24.1 Å². The first-order valence-electron chi connectivity index (χ1n) is 5.93. The molecule has 3 rings (SSSR count). The van der Waals surface area contributed by atoms with Crippen LogP contribution in [0.25, 0.3) is 0 Å². The van der Waals surface area contributed by atoms with Crippen molar-refractivity contribution in [2.45, 2.75) is 13.0 Å². The molecule has 19 heavy (non-hydrogen) atoms. The third kappa shape index (κ3) is 2.32. The van der Waals surface area contributed by atoms with E-state index in [4.69, 9.17) is 13.9 Å². The van der Waals surface area contributed by atoms with Crippen LogP contribution in [0.15, 0.2) is 22.6 Å². The molecule has 7 nitrogen and oxygen atoms in total. The van der Waals surface area contributed by atoms with Crippen LogP contribution in [0.1, 0.15) is 18.9 Å². The molecule has 0 radical (unpaired) electrons. The molecule has 1 aromatic carbocycles. The molecule has 1 aliphatic rings. The number of hydrogen-bond acceptors (Lipinski definition) is 7. The van der Waals surface area contributed by atoms with Gasteiger partial charge in [-0.3, -0.25) is 0 Å². The predicted octanol–water partition coefficient (Wildman–Crippen LogP) is 1.82. The summed E-state index contributed by atoms with van der Waals surface area (Å²) >= 11 is 0. The average molecular weight is 262 g/mol. The Labute approximate surface area is 109 Å². The molecule has 0 amide bonds. The van der Waals surface area contributed by atoms with Crippen molar-refractivity contribution in [2.75, 3.05) is 19.2 Å². The number of nitrogens with zero attached hydrogens (tertiary/aromatic N) is 2. The highest BCUT2D eigenvalue weighted by atomic mass is 16.7. The Morgan fingerprint density at radius 1 is 1.21 bits per heavy atom. The second-order valence-electron chi connectivity index (χ2n) is 4.15. The summed E-state index contributed by atoms with van der Waals surface area (Å²) in [6, 6.07) is 5.88. The summed E-state index contributed by atoms with van der Waals surface area (Å²) in [7, 11) is 1.83. The number of rotatable bonds is 4. The van der Waals surface area contributed by atoms with Gasteiger partial charge in [0.15, 0.2) is 11.5 Å². The van der Waals surface area contributed by atoms with Crippen molar-refractivity contribution in [2.24, 2.45) is 0 Å². The van der Waals surface area contributed by atoms with E-state index in [0.717, 1.165) is 11.4 Å². The van der Waals surface area contributed by atoms with Crippen LogP contribution in [-0.4, -0.2) is 24.0 Å². The van der Waals surface area contributed by atoms with E-state index < -0.39 is 0 Å². The second-order valence-corrected chi connectivity index (χ2v) is 4.15. The zero-order chi connectivity index (χ0) is 13.2. The molecule has 0 saturated heterocycles. The van der Waals surface area contributed by atoms with E-state index in [1.165, 1.54) is 0 Å². The van der Waals surface area contributed by atoms with Crippen molar-refractivity contribution < 1.29 is 13.9 Å². The lowest BCUT2D eigenvalue weighted by atomic mass is 10.3. The lowest BCUT2D eigenvalue weighted by Crippen LogP contribution is -2.12. The SMILES string of the molecule is CNC(C)c1nnc(Nc2ccc3c(c2)OCO3)o1. The van der Waals surface area contributed by atoms with Crippen LogP contribution in [0.2, 0.25) is 0 Å². The summed E-state index contributed by atoms with van der Waals surface area (Å²) in [5, 5.41) is 14.0. The lowest BCUT2D eigenvalue weighted by molar-refractivity contribution is 0.174. The van der Waals surface area contributed by atoms with E-state index in [2.05, 4.69) is 20.8 Å². The normalized spacial score (nSPS) is 14.4. The molecule has 0 fully saturated rings. The molecule has 0 spiro atoms. The van der Waals surface area contributed by atoms with Gasteiger partial charge in [0.2, 0.25) is 12.7 Å². The van der Waals surface area contributed by atoms with E-state index >= 15 is 0 Å². The van der Waals surface area contributed by atoms with Crippen LogP contribution in [0, 0.1) is 0 Å². The average Bonchev–Trinajstić information content (AvgIpc) is 3.06. The fraction of sp³-hybridized carbons (Fsp3) is 0.333. The Hall–Kier alpha value is -2.28. The minimum atomic E-state index is 0.0137. The van der Waals surface area contributed by atoms with Gasteiger partial charge in [-0.05, 0) is 26.1 Å². The van der Waals surface area contributed by atoms with Gasteiger partial charge in [-0.25, -0.2) is 0 Å². The predicted molar refractivity (Wildman–Crippen MR) is 67.6 cm³/mol. The molecule has 1 atom stereocenters. The molecule has 100 valence electrons. The van der Waals surface area contributed by atoms with Crippen LogP contribution in [0.3, 0.4) is 0 Å². The maximum Gasteiger partial charge on any atom is 0.320 e. The zero-order valence-corrected chi connectivity index (χ0v) is 10.6.